The molecule has 0 saturated heterocycles. The number of benzene rings is 1. The third-order valence-corrected chi connectivity index (χ3v) is 5.23. The highest BCUT2D eigenvalue weighted by Gasteiger charge is 2.29. The van der Waals surface area contributed by atoms with Crippen molar-refractivity contribution < 1.29 is 35.9 Å². The molecule has 0 aliphatic heterocycles. The van der Waals surface area contributed by atoms with Crippen LogP contribution in [0.4, 0.5) is 26.3 Å². The normalized spacial score (nSPS) is 13.2. The van der Waals surface area contributed by atoms with Crippen LogP contribution in [0.3, 0.4) is 0 Å². The lowest BCUT2D eigenvalue weighted by Crippen LogP contribution is -2.28. The molecule has 12 heteroatoms. The van der Waals surface area contributed by atoms with Crippen LogP contribution in [0.2, 0.25) is 0 Å². The van der Waals surface area contributed by atoms with Gasteiger partial charge in [-0.15, -0.1) is 0 Å². The average molecular weight is 538 g/mol. The zero-order valence-electron chi connectivity index (χ0n) is 17.1. The Labute approximate surface area is 192 Å². The van der Waals surface area contributed by atoms with E-state index >= 15 is 0 Å². The van der Waals surface area contributed by atoms with E-state index in [1.165, 1.54) is 24.4 Å². The van der Waals surface area contributed by atoms with Gasteiger partial charge >= 0.3 is 12.4 Å². The second-order valence-corrected chi connectivity index (χ2v) is 8.21. The van der Waals surface area contributed by atoms with Gasteiger partial charge in [-0.05, 0) is 46.6 Å². The number of halogens is 7. The van der Waals surface area contributed by atoms with Crippen LogP contribution in [0, 0.1) is 0 Å². The predicted molar refractivity (Wildman–Crippen MR) is 112 cm³/mol. The van der Waals surface area contributed by atoms with E-state index in [4.69, 9.17) is 0 Å². The molecule has 0 saturated carbocycles. The number of nitrogens with one attached hydrogen (secondary N) is 1. The van der Waals surface area contributed by atoms with Crippen LogP contribution >= 0.6 is 15.9 Å². The summed E-state index contributed by atoms with van der Waals surface area (Å²) in [5.74, 6) is -0.454. The Morgan fingerprint density at radius 1 is 1.15 bits per heavy atom. The fourth-order valence-electron chi connectivity index (χ4n) is 3.18. The first-order chi connectivity index (χ1) is 15.3. The number of carbonyl (C=O) groups excluding carboxylic acids is 1. The highest BCUT2D eigenvalue weighted by molar-refractivity contribution is 9.10. The zero-order chi connectivity index (χ0) is 24.4. The third-order valence-electron chi connectivity index (χ3n) is 4.60. The summed E-state index contributed by atoms with van der Waals surface area (Å²) in [4.78, 5) is 16.5. The number of aromatic nitrogens is 2. The molecule has 1 atom stereocenters. The summed E-state index contributed by atoms with van der Waals surface area (Å²) in [6.07, 6.45) is -6.47. The van der Waals surface area contributed by atoms with Gasteiger partial charge in [0.1, 0.15) is 12.3 Å². The van der Waals surface area contributed by atoms with Gasteiger partial charge in [-0.2, -0.15) is 26.3 Å². The zero-order valence-corrected chi connectivity index (χ0v) is 18.7. The van der Waals surface area contributed by atoms with E-state index in [1.54, 1.807) is 19.1 Å². The molecule has 0 aliphatic carbocycles. The molecule has 2 heterocycles. The van der Waals surface area contributed by atoms with Gasteiger partial charge in [-0.1, -0.05) is 12.1 Å². The van der Waals surface area contributed by atoms with Crippen molar-refractivity contribution in [3.8, 4) is 5.75 Å². The van der Waals surface area contributed by atoms with Crippen molar-refractivity contribution in [2.24, 2.45) is 0 Å². The Bertz CT molecular complexity index is 1130. The standard InChI is InChI=1S/C21H18BrF6N3O2/c1-12(17-5-3-14(8-29-17)33-11-21(26,27)28)30-19(32)7-13-2-4-15-16(22)9-31(18(15)6-13)10-20(23,24)25/h2-6,8-9,12H,7,10-11H2,1H3,(H,30,32)/t12-/m1/s1. The van der Waals surface area contributed by atoms with E-state index in [1.807, 2.05) is 0 Å². The Morgan fingerprint density at radius 3 is 2.48 bits per heavy atom. The summed E-state index contributed by atoms with van der Waals surface area (Å²) in [6, 6.07) is 7.02. The summed E-state index contributed by atoms with van der Waals surface area (Å²) >= 11 is 3.24. The predicted octanol–water partition coefficient (Wildman–Crippen LogP) is 5.72. The molecule has 1 amide bonds. The molecule has 5 nitrogen and oxygen atoms in total. The number of pyridine rings is 1. The van der Waals surface area contributed by atoms with E-state index in [-0.39, 0.29) is 12.2 Å². The van der Waals surface area contributed by atoms with E-state index in [2.05, 4.69) is 31.0 Å². The Balaban J connectivity index is 1.64. The lowest BCUT2D eigenvalue weighted by atomic mass is 10.1. The fraction of sp³-hybridized carbons (Fsp3) is 0.333. The van der Waals surface area contributed by atoms with Gasteiger partial charge < -0.3 is 14.6 Å². The van der Waals surface area contributed by atoms with Gasteiger partial charge in [0.25, 0.3) is 0 Å². The number of hydrogen-bond acceptors (Lipinski definition) is 3. The van der Waals surface area contributed by atoms with E-state index < -0.39 is 37.5 Å². The summed E-state index contributed by atoms with van der Waals surface area (Å²) in [7, 11) is 0. The van der Waals surface area contributed by atoms with Crippen LogP contribution in [0.25, 0.3) is 10.9 Å². The van der Waals surface area contributed by atoms with Gasteiger partial charge in [0.15, 0.2) is 6.61 Å². The second-order valence-electron chi connectivity index (χ2n) is 7.36. The summed E-state index contributed by atoms with van der Waals surface area (Å²) in [5, 5.41) is 3.30. The minimum absolute atomic E-state index is 0.0593. The molecule has 1 N–H and O–H groups in total. The number of ether oxygens (including phenoxy) is 1. The van der Waals surface area contributed by atoms with Gasteiger partial charge in [0, 0.05) is 21.6 Å². The minimum Gasteiger partial charge on any atom is -0.483 e. The Morgan fingerprint density at radius 2 is 1.88 bits per heavy atom. The van der Waals surface area contributed by atoms with Crippen LogP contribution in [-0.4, -0.2) is 34.4 Å². The molecule has 0 fully saturated rings. The summed E-state index contributed by atoms with van der Waals surface area (Å²) in [6.45, 7) is -0.949. The van der Waals surface area contributed by atoms with E-state index in [0.717, 1.165) is 10.8 Å². The van der Waals surface area contributed by atoms with Crippen molar-refractivity contribution >= 4 is 32.7 Å². The number of amides is 1. The maximum Gasteiger partial charge on any atom is 0.422 e. The van der Waals surface area contributed by atoms with Crippen LogP contribution < -0.4 is 10.1 Å². The number of alkyl halides is 6. The average Bonchev–Trinajstić information content (AvgIpc) is 2.99. The lowest BCUT2D eigenvalue weighted by molar-refractivity contribution is -0.153. The van der Waals surface area contributed by atoms with Crippen LogP contribution in [0.1, 0.15) is 24.2 Å². The smallest absolute Gasteiger partial charge is 0.422 e. The molecule has 3 aromatic rings. The second kappa shape index (κ2) is 9.62. The minimum atomic E-state index is -4.46. The first kappa shape index (κ1) is 24.9. The number of fused-ring (bicyclic) bond motifs is 1. The lowest BCUT2D eigenvalue weighted by Gasteiger charge is -2.15. The molecule has 178 valence electrons. The van der Waals surface area contributed by atoms with Crippen molar-refractivity contribution in [1.82, 2.24) is 14.9 Å². The summed E-state index contributed by atoms with van der Waals surface area (Å²) in [5.41, 5.74) is 1.26. The van der Waals surface area contributed by atoms with Gasteiger partial charge in [-0.3, -0.25) is 9.78 Å². The highest BCUT2D eigenvalue weighted by atomic mass is 79.9. The largest absolute Gasteiger partial charge is 0.483 e. The monoisotopic (exact) mass is 537 g/mol. The number of hydrogen-bond donors (Lipinski definition) is 1. The first-order valence-electron chi connectivity index (χ1n) is 9.59. The van der Waals surface area contributed by atoms with Crippen molar-refractivity contribution in [3.05, 3.63) is 58.5 Å². The Hall–Kier alpha value is -2.76. The SMILES string of the molecule is C[C@@H](NC(=O)Cc1ccc2c(Br)cn(CC(F)(F)F)c2c1)c1ccc(OCC(F)(F)F)cn1. The maximum atomic E-state index is 12.9. The number of rotatable bonds is 7. The topological polar surface area (TPSA) is 56.2 Å². The highest BCUT2D eigenvalue weighted by Crippen LogP contribution is 2.30. The van der Waals surface area contributed by atoms with Crippen LogP contribution in [0.5, 0.6) is 5.75 Å². The molecule has 0 bridgehead atoms. The molecule has 0 radical (unpaired) electrons. The Kier molecular flexibility index (Phi) is 7.25. The maximum absolute atomic E-state index is 12.9. The number of carbonyl (C=O) groups is 1. The molecule has 3 rings (SSSR count). The molecule has 2 aromatic heterocycles. The molecular formula is C21H18BrF6N3O2. The van der Waals surface area contributed by atoms with Crippen molar-refractivity contribution in [2.75, 3.05) is 6.61 Å². The quantitative estimate of drug-likeness (QED) is 0.392. The molecule has 0 aliphatic rings. The molecule has 33 heavy (non-hydrogen) atoms. The first-order valence-corrected chi connectivity index (χ1v) is 10.4. The van der Waals surface area contributed by atoms with Crippen molar-refractivity contribution in [3.63, 3.8) is 0 Å². The van der Waals surface area contributed by atoms with Crippen molar-refractivity contribution in [1.29, 1.82) is 0 Å². The van der Waals surface area contributed by atoms with Crippen LogP contribution in [0.15, 0.2) is 47.2 Å². The molecule has 1 aromatic carbocycles. The third kappa shape index (κ3) is 7.11. The fourth-order valence-corrected chi connectivity index (χ4v) is 3.76. The number of nitrogens with zero attached hydrogens (tertiary/aromatic N) is 2. The van der Waals surface area contributed by atoms with Gasteiger partial charge in [0.2, 0.25) is 5.91 Å². The molecule has 0 unspecified atom stereocenters. The summed E-state index contributed by atoms with van der Waals surface area (Å²) < 4.78 is 81.3. The van der Waals surface area contributed by atoms with Crippen LogP contribution in [-0.2, 0) is 17.8 Å². The van der Waals surface area contributed by atoms with Gasteiger partial charge in [0.05, 0.1) is 24.4 Å². The molecular weight excluding hydrogens is 520 g/mol. The molecule has 0 spiro atoms. The van der Waals surface area contributed by atoms with E-state index in [0.29, 0.717) is 26.6 Å². The van der Waals surface area contributed by atoms with Crippen molar-refractivity contribution in [2.45, 2.75) is 38.3 Å². The van der Waals surface area contributed by atoms with Gasteiger partial charge in [-0.25, -0.2) is 0 Å². The van der Waals surface area contributed by atoms with E-state index in [9.17, 15) is 31.1 Å².